The number of alkyl carbamates (subject to hydrolysis) is 1. The Morgan fingerprint density at radius 2 is 1.30 bits per heavy atom. The quantitative estimate of drug-likeness (QED) is 0.188. The molecule has 3 N–H and O–H groups in total. The standard InChI is InChI=1S/C36H49N3O8/c1-8-21-37-32(42)28(18-20-31(41)46-35(2,3)4)38-30(40)19-17-29(33(43)47-36(5,6)7)39-34(44)45-22-27-25-15-11-9-13-23(25)24-14-10-12-16-26(24)27/h9-16,27-29H,8,17-22H2,1-7H3,(H,37,42)(H,38,40)(H,39,44)/t28-,29-/m0/s1. The first-order valence-electron chi connectivity index (χ1n) is 16.2. The van der Waals surface area contributed by atoms with Gasteiger partial charge in [-0.15, -0.1) is 0 Å². The van der Waals surface area contributed by atoms with Crippen molar-refractivity contribution in [1.29, 1.82) is 0 Å². The topological polar surface area (TPSA) is 149 Å². The summed E-state index contributed by atoms with van der Waals surface area (Å²) in [5, 5.41) is 7.98. The summed E-state index contributed by atoms with van der Waals surface area (Å²) in [6.07, 6.45) is -0.498. The van der Waals surface area contributed by atoms with E-state index >= 15 is 0 Å². The number of nitrogens with one attached hydrogen (secondary N) is 3. The van der Waals surface area contributed by atoms with Crippen LogP contribution in [0.15, 0.2) is 48.5 Å². The van der Waals surface area contributed by atoms with Gasteiger partial charge < -0.3 is 30.2 Å². The summed E-state index contributed by atoms with van der Waals surface area (Å²) in [4.78, 5) is 64.2. The lowest BCUT2D eigenvalue weighted by molar-refractivity contribution is -0.158. The molecule has 0 aliphatic heterocycles. The zero-order chi connectivity index (χ0) is 34.8. The number of ether oxygens (including phenoxy) is 3. The van der Waals surface area contributed by atoms with Crippen LogP contribution in [0.5, 0.6) is 0 Å². The van der Waals surface area contributed by atoms with Gasteiger partial charge in [0, 0.05) is 25.3 Å². The lowest BCUT2D eigenvalue weighted by Crippen LogP contribution is -2.48. The summed E-state index contributed by atoms with van der Waals surface area (Å²) in [5.41, 5.74) is 2.74. The van der Waals surface area contributed by atoms with Crippen molar-refractivity contribution >= 4 is 29.8 Å². The molecule has 11 nitrogen and oxygen atoms in total. The number of rotatable bonds is 14. The highest BCUT2D eigenvalue weighted by molar-refractivity contribution is 5.89. The second-order valence-electron chi connectivity index (χ2n) is 13.6. The van der Waals surface area contributed by atoms with Crippen LogP contribution in [0.25, 0.3) is 11.1 Å². The Morgan fingerprint density at radius 1 is 0.745 bits per heavy atom. The number of carbonyl (C=O) groups excluding carboxylic acids is 5. The van der Waals surface area contributed by atoms with Gasteiger partial charge in [-0.1, -0.05) is 55.5 Å². The van der Waals surface area contributed by atoms with E-state index in [9.17, 15) is 24.0 Å². The predicted molar refractivity (Wildman–Crippen MR) is 177 cm³/mol. The first-order valence-corrected chi connectivity index (χ1v) is 16.2. The minimum Gasteiger partial charge on any atom is -0.460 e. The van der Waals surface area contributed by atoms with Crippen molar-refractivity contribution in [3.63, 3.8) is 0 Å². The summed E-state index contributed by atoms with van der Waals surface area (Å²) in [5.74, 6) is -2.34. The first-order chi connectivity index (χ1) is 22.1. The lowest BCUT2D eigenvalue weighted by Gasteiger charge is -2.25. The predicted octanol–water partition coefficient (Wildman–Crippen LogP) is 5.15. The van der Waals surface area contributed by atoms with Crippen LogP contribution in [-0.4, -0.2) is 66.3 Å². The maximum Gasteiger partial charge on any atom is 0.407 e. The molecular formula is C36H49N3O8. The number of fused-ring (bicyclic) bond motifs is 3. The Bertz CT molecular complexity index is 1380. The Labute approximate surface area is 277 Å². The van der Waals surface area contributed by atoms with Crippen molar-refractivity contribution in [2.24, 2.45) is 0 Å². The summed E-state index contributed by atoms with van der Waals surface area (Å²) in [6, 6.07) is 13.7. The third kappa shape index (κ3) is 11.7. The molecule has 1 aliphatic carbocycles. The second kappa shape index (κ2) is 16.4. The van der Waals surface area contributed by atoms with Gasteiger partial charge in [-0.3, -0.25) is 14.4 Å². The van der Waals surface area contributed by atoms with Crippen LogP contribution < -0.4 is 16.0 Å². The van der Waals surface area contributed by atoms with Gasteiger partial charge in [-0.25, -0.2) is 9.59 Å². The van der Waals surface area contributed by atoms with E-state index in [-0.39, 0.29) is 38.2 Å². The Hall–Kier alpha value is -4.41. The Morgan fingerprint density at radius 3 is 1.85 bits per heavy atom. The number of benzene rings is 2. The molecule has 0 heterocycles. The van der Waals surface area contributed by atoms with E-state index in [0.717, 1.165) is 22.3 Å². The first kappa shape index (κ1) is 37.1. The molecule has 0 bridgehead atoms. The van der Waals surface area contributed by atoms with Crippen molar-refractivity contribution in [3.05, 3.63) is 59.7 Å². The number of hydrogen-bond acceptors (Lipinski definition) is 8. The second-order valence-corrected chi connectivity index (χ2v) is 13.6. The third-order valence-corrected chi connectivity index (χ3v) is 7.25. The molecule has 1 aliphatic rings. The van der Waals surface area contributed by atoms with Crippen LogP contribution in [0.1, 0.15) is 97.6 Å². The van der Waals surface area contributed by atoms with E-state index in [1.807, 2.05) is 55.5 Å². The molecular weight excluding hydrogens is 602 g/mol. The van der Waals surface area contributed by atoms with Gasteiger partial charge in [0.2, 0.25) is 11.8 Å². The zero-order valence-electron chi connectivity index (χ0n) is 28.6. The molecule has 0 radical (unpaired) electrons. The largest absolute Gasteiger partial charge is 0.460 e. The van der Waals surface area contributed by atoms with Crippen molar-refractivity contribution in [1.82, 2.24) is 16.0 Å². The Balaban J connectivity index is 1.64. The summed E-state index contributed by atoms with van der Waals surface area (Å²) >= 11 is 0. The van der Waals surface area contributed by atoms with E-state index in [2.05, 4.69) is 16.0 Å². The minimum atomic E-state index is -1.19. The van der Waals surface area contributed by atoms with Crippen LogP contribution in [0.3, 0.4) is 0 Å². The summed E-state index contributed by atoms with van der Waals surface area (Å²) < 4.78 is 16.5. The number of esters is 2. The molecule has 0 unspecified atom stereocenters. The van der Waals surface area contributed by atoms with Crippen molar-refractivity contribution in [2.75, 3.05) is 13.2 Å². The van der Waals surface area contributed by atoms with E-state index in [1.165, 1.54) is 0 Å². The van der Waals surface area contributed by atoms with E-state index < -0.39 is 53.1 Å². The van der Waals surface area contributed by atoms with Crippen molar-refractivity contribution in [2.45, 2.75) is 110 Å². The average Bonchev–Trinajstić information content (AvgIpc) is 3.30. The van der Waals surface area contributed by atoms with Crippen LogP contribution in [0.2, 0.25) is 0 Å². The van der Waals surface area contributed by atoms with Gasteiger partial charge in [0.15, 0.2) is 0 Å². The van der Waals surface area contributed by atoms with Crippen LogP contribution in [0.4, 0.5) is 4.79 Å². The zero-order valence-corrected chi connectivity index (χ0v) is 28.6. The monoisotopic (exact) mass is 651 g/mol. The molecule has 256 valence electrons. The maximum absolute atomic E-state index is 13.1. The highest BCUT2D eigenvalue weighted by Gasteiger charge is 2.32. The van der Waals surface area contributed by atoms with E-state index in [4.69, 9.17) is 14.2 Å². The SMILES string of the molecule is CCCNC(=O)[C@H](CCC(=O)OC(C)(C)C)NC(=O)CC[C@H](NC(=O)OCC1c2ccccc2-c2ccccc21)C(=O)OC(C)(C)C. The molecule has 3 rings (SSSR count). The highest BCUT2D eigenvalue weighted by atomic mass is 16.6. The molecule has 2 atom stereocenters. The van der Waals surface area contributed by atoms with Crippen LogP contribution in [-0.2, 0) is 33.4 Å². The Kier molecular flexibility index (Phi) is 12.9. The van der Waals surface area contributed by atoms with Gasteiger partial charge >= 0.3 is 18.0 Å². The number of hydrogen-bond donors (Lipinski definition) is 3. The van der Waals surface area contributed by atoms with E-state index in [1.54, 1.807) is 41.5 Å². The van der Waals surface area contributed by atoms with Gasteiger partial charge in [0.1, 0.15) is 29.9 Å². The van der Waals surface area contributed by atoms with Gasteiger partial charge in [-0.2, -0.15) is 0 Å². The normalized spacial score (nSPS) is 13.8. The fourth-order valence-electron chi connectivity index (χ4n) is 5.24. The van der Waals surface area contributed by atoms with Crippen LogP contribution >= 0.6 is 0 Å². The molecule has 11 heteroatoms. The molecule has 47 heavy (non-hydrogen) atoms. The van der Waals surface area contributed by atoms with E-state index in [0.29, 0.717) is 13.0 Å². The van der Waals surface area contributed by atoms with Crippen molar-refractivity contribution in [3.8, 4) is 11.1 Å². The molecule has 0 fully saturated rings. The van der Waals surface area contributed by atoms with Gasteiger partial charge in [0.05, 0.1) is 0 Å². The lowest BCUT2D eigenvalue weighted by atomic mass is 9.98. The fourth-order valence-corrected chi connectivity index (χ4v) is 5.24. The van der Waals surface area contributed by atoms with Crippen molar-refractivity contribution < 1.29 is 38.2 Å². The van der Waals surface area contributed by atoms with Gasteiger partial charge in [-0.05, 0) is 83.1 Å². The number of amides is 3. The summed E-state index contributed by atoms with van der Waals surface area (Å²) in [6.45, 7) is 12.7. The minimum absolute atomic E-state index is 0.0314. The fraction of sp³-hybridized carbons (Fsp3) is 0.528. The smallest absolute Gasteiger partial charge is 0.407 e. The summed E-state index contributed by atoms with van der Waals surface area (Å²) in [7, 11) is 0. The molecule has 0 spiro atoms. The van der Waals surface area contributed by atoms with Gasteiger partial charge in [0.25, 0.3) is 0 Å². The third-order valence-electron chi connectivity index (χ3n) is 7.25. The molecule has 0 saturated carbocycles. The molecule has 0 saturated heterocycles. The average molecular weight is 652 g/mol. The molecule has 2 aromatic carbocycles. The molecule has 2 aromatic rings. The van der Waals surface area contributed by atoms with Crippen LogP contribution in [0, 0.1) is 0 Å². The molecule has 0 aromatic heterocycles. The maximum atomic E-state index is 13.1. The molecule has 3 amide bonds. The highest BCUT2D eigenvalue weighted by Crippen LogP contribution is 2.44. The number of carbonyl (C=O) groups is 5.